The van der Waals surface area contributed by atoms with Crippen molar-refractivity contribution in [2.75, 3.05) is 5.32 Å². The number of anilines is 1. The van der Waals surface area contributed by atoms with Crippen LogP contribution in [0.5, 0.6) is 0 Å². The fourth-order valence-electron chi connectivity index (χ4n) is 3.62. The van der Waals surface area contributed by atoms with Gasteiger partial charge in [0.25, 0.3) is 0 Å². The van der Waals surface area contributed by atoms with Gasteiger partial charge in [0.05, 0.1) is 5.69 Å². The second kappa shape index (κ2) is 10.2. The summed E-state index contributed by atoms with van der Waals surface area (Å²) in [5, 5.41) is 2.55. The number of nitrogens with one attached hydrogen (secondary N) is 1. The zero-order valence-electron chi connectivity index (χ0n) is 18.2. The van der Waals surface area contributed by atoms with Crippen LogP contribution in [0, 0.1) is 11.2 Å². The number of allylic oxidation sites excluding steroid dienone is 9. The van der Waals surface area contributed by atoms with Gasteiger partial charge in [0.15, 0.2) is 0 Å². The third kappa shape index (κ3) is 7.01. The molecule has 0 heterocycles. The number of carbonyl (C=O) groups excluding carboxylic acids is 1. The Morgan fingerprint density at radius 1 is 1.14 bits per heavy atom. The Balaban J connectivity index is 1.98. The van der Waals surface area contributed by atoms with Crippen LogP contribution < -0.4 is 5.32 Å². The lowest BCUT2D eigenvalue weighted by atomic mass is 9.72. The first-order valence-corrected chi connectivity index (χ1v) is 10.2. The Bertz CT molecular complexity index is 897. The van der Waals surface area contributed by atoms with Crippen molar-refractivity contribution < 1.29 is 9.18 Å². The Kier molecular flexibility index (Phi) is 7.95. The summed E-state index contributed by atoms with van der Waals surface area (Å²) in [6, 6.07) is 6.13. The summed E-state index contributed by atoms with van der Waals surface area (Å²) in [7, 11) is 0. The highest BCUT2D eigenvalue weighted by Gasteiger charge is 2.26. The summed E-state index contributed by atoms with van der Waals surface area (Å²) in [5.74, 6) is -0.793. The SMILES string of the molecule is CC1=C(/C=C/C(C)=C/C=C/C(C)=C/C(=O)Nc2ccccc2F)C(C)(C)CCC1. The number of benzene rings is 1. The van der Waals surface area contributed by atoms with Crippen molar-refractivity contribution in [3.8, 4) is 0 Å². The molecule has 0 atom stereocenters. The van der Waals surface area contributed by atoms with E-state index in [0.29, 0.717) is 0 Å². The molecule has 1 N–H and O–H groups in total. The van der Waals surface area contributed by atoms with Crippen LogP contribution in [-0.2, 0) is 4.79 Å². The van der Waals surface area contributed by atoms with Crippen molar-refractivity contribution in [1.29, 1.82) is 0 Å². The smallest absolute Gasteiger partial charge is 0.248 e. The Labute approximate surface area is 174 Å². The molecule has 0 spiro atoms. The monoisotopic (exact) mass is 393 g/mol. The summed E-state index contributed by atoms with van der Waals surface area (Å²) >= 11 is 0. The van der Waals surface area contributed by atoms with E-state index in [-0.39, 0.29) is 17.0 Å². The molecule has 0 bridgehead atoms. The maximum absolute atomic E-state index is 13.6. The number of hydrogen-bond acceptors (Lipinski definition) is 1. The first kappa shape index (κ1) is 22.6. The lowest BCUT2D eigenvalue weighted by molar-refractivity contribution is -0.112. The number of halogens is 1. The molecule has 1 aliphatic rings. The molecule has 0 saturated carbocycles. The quantitative estimate of drug-likeness (QED) is 0.399. The number of amides is 1. The Morgan fingerprint density at radius 3 is 2.55 bits per heavy atom. The van der Waals surface area contributed by atoms with Crippen LogP contribution in [-0.4, -0.2) is 5.91 Å². The number of carbonyl (C=O) groups is 1. The molecule has 1 aromatic carbocycles. The molecule has 2 nitrogen and oxygen atoms in total. The third-order valence-corrected chi connectivity index (χ3v) is 5.26. The van der Waals surface area contributed by atoms with Gasteiger partial charge in [-0.25, -0.2) is 4.39 Å². The van der Waals surface area contributed by atoms with Crippen molar-refractivity contribution in [2.45, 2.75) is 53.9 Å². The summed E-state index contributed by atoms with van der Waals surface area (Å²) in [4.78, 5) is 12.0. The first-order chi connectivity index (χ1) is 13.7. The van der Waals surface area contributed by atoms with Crippen LogP contribution in [0.25, 0.3) is 0 Å². The molecule has 3 heteroatoms. The van der Waals surface area contributed by atoms with Gasteiger partial charge in [-0.1, -0.05) is 67.5 Å². The van der Waals surface area contributed by atoms with E-state index in [1.54, 1.807) is 12.1 Å². The van der Waals surface area contributed by atoms with Gasteiger partial charge in [0.1, 0.15) is 5.82 Å². The minimum absolute atomic E-state index is 0.182. The minimum atomic E-state index is -0.445. The zero-order chi connectivity index (χ0) is 21.4. The van der Waals surface area contributed by atoms with Crippen molar-refractivity contribution in [1.82, 2.24) is 0 Å². The van der Waals surface area contributed by atoms with Crippen molar-refractivity contribution in [3.05, 3.63) is 88.8 Å². The number of hydrogen-bond donors (Lipinski definition) is 1. The molecule has 1 aliphatic carbocycles. The molecule has 0 saturated heterocycles. The highest BCUT2D eigenvalue weighted by atomic mass is 19.1. The van der Waals surface area contributed by atoms with Crippen molar-refractivity contribution >= 4 is 11.6 Å². The summed E-state index contributed by atoms with van der Waals surface area (Å²) < 4.78 is 13.6. The molecule has 0 unspecified atom stereocenters. The van der Waals surface area contributed by atoms with E-state index in [1.165, 1.54) is 48.6 Å². The molecule has 1 amide bonds. The van der Waals surface area contributed by atoms with Crippen molar-refractivity contribution in [3.63, 3.8) is 0 Å². The predicted molar refractivity (Wildman–Crippen MR) is 121 cm³/mol. The van der Waals surface area contributed by atoms with Crippen LogP contribution in [0.3, 0.4) is 0 Å². The van der Waals surface area contributed by atoms with Crippen LogP contribution in [0.2, 0.25) is 0 Å². The summed E-state index contributed by atoms with van der Waals surface area (Å²) in [6.07, 6.45) is 15.4. The minimum Gasteiger partial charge on any atom is -0.320 e. The van der Waals surface area contributed by atoms with E-state index in [4.69, 9.17) is 0 Å². The van der Waals surface area contributed by atoms with Gasteiger partial charge in [0.2, 0.25) is 5.91 Å². The maximum atomic E-state index is 13.6. The van der Waals surface area contributed by atoms with Gasteiger partial charge in [-0.15, -0.1) is 0 Å². The second-order valence-electron chi connectivity index (χ2n) is 8.39. The average molecular weight is 394 g/mol. The molecule has 0 aliphatic heterocycles. The standard InChI is InChI=1S/C26H32FNO/c1-19(15-16-22-21(3)12-9-17-26(22,4)5)10-8-11-20(2)18-25(29)28-24-14-7-6-13-23(24)27/h6-8,10-11,13-16,18H,9,12,17H2,1-5H3,(H,28,29)/b11-8+,16-15+,19-10+,20-18+. The van der Waals surface area contributed by atoms with Crippen LogP contribution in [0.15, 0.2) is 83.0 Å². The van der Waals surface area contributed by atoms with Gasteiger partial charge in [-0.2, -0.15) is 0 Å². The second-order valence-corrected chi connectivity index (χ2v) is 8.39. The van der Waals surface area contributed by atoms with Gasteiger partial charge in [-0.3, -0.25) is 4.79 Å². The van der Waals surface area contributed by atoms with E-state index in [9.17, 15) is 9.18 Å². The molecule has 2 rings (SSSR count). The summed E-state index contributed by atoms with van der Waals surface area (Å²) in [6.45, 7) is 10.8. The predicted octanol–water partition coefficient (Wildman–Crippen LogP) is 7.30. The molecule has 0 radical (unpaired) electrons. The lowest BCUT2D eigenvalue weighted by Crippen LogP contribution is -2.19. The highest BCUT2D eigenvalue weighted by molar-refractivity contribution is 6.00. The lowest BCUT2D eigenvalue weighted by Gasteiger charge is -2.32. The van der Waals surface area contributed by atoms with Gasteiger partial charge >= 0.3 is 0 Å². The molecule has 154 valence electrons. The fraction of sp³-hybridized carbons (Fsp3) is 0.346. The average Bonchev–Trinajstić information content (AvgIpc) is 2.62. The maximum Gasteiger partial charge on any atom is 0.248 e. The van der Waals surface area contributed by atoms with Gasteiger partial charge in [-0.05, 0) is 68.7 Å². The topological polar surface area (TPSA) is 29.1 Å². The van der Waals surface area contributed by atoms with Gasteiger partial charge < -0.3 is 5.32 Å². The summed E-state index contributed by atoms with van der Waals surface area (Å²) in [5.41, 5.74) is 5.29. The van der Waals surface area contributed by atoms with Crippen molar-refractivity contribution in [2.24, 2.45) is 5.41 Å². The third-order valence-electron chi connectivity index (χ3n) is 5.26. The molecule has 0 fully saturated rings. The molecule has 1 aromatic rings. The molecular weight excluding hydrogens is 361 g/mol. The van der Waals surface area contributed by atoms with E-state index in [1.807, 2.05) is 25.2 Å². The Morgan fingerprint density at radius 2 is 1.86 bits per heavy atom. The Hall–Kier alpha value is -2.68. The van der Waals surface area contributed by atoms with Crippen LogP contribution in [0.4, 0.5) is 10.1 Å². The van der Waals surface area contributed by atoms with E-state index in [2.05, 4.69) is 45.2 Å². The van der Waals surface area contributed by atoms with E-state index in [0.717, 1.165) is 11.1 Å². The molecule has 0 aromatic heterocycles. The van der Waals surface area contributed by atoms with E-state index < -0.39 is 5.82 Å². The van der Waals surface area contributed by atoms with Gasteiger partial charge in [0, 0.05) is 6.08 Å². The number of rotatable bonds is 6. The fourth-order valence-corrected chi connectivity index (χ4v) is 3.62. The normalized spacial score (nSPS) is 18.0. The largest absolute Gasteiger partial charge is 0.320 e. The van der Waals surface area contributed by atoms with Crippen LogP contribution >= 0.6 is 0 Å². The number of para-hydroxylation sites is 1. The molecule has 29 heavy (non-hydrogen) atoms. The molecular formula is C26H32FNO. The first-order valence-electron chi connectivity index (χ1n) is 10.2. The van der Waals surface area contributed by atoms with Crippen LogP contribution in [0.1, 0.15) is 53.9 Å². The zero-order valence-corrected chi connectivity index (χ0v) is 18.2. The highest BCUT2D eigenvalue weighted by Crippen LogP contribution is 2.40. The van der Waals surface area contributed by atoms with E-state index >= 15 is 0 Å².